The number of hydrogen-bond acceptors (Lipinski definition) is 6. The van der Waals surface area contributed by atoms with Crippen LogP contribution in [0, 0.1) is 0 Å². The minimum absolute atomic E-state index is 0.0140. The second-order valence-corrected chi connectivity index (χ2v) is 9.79. The Morgan fingerprint density at radius 1 is 1.10 bits per heavy atom. The minimum Gasteiger partial charge on any atom is -0.444 e. The van der Waals surface area contributed by atoms with E-state index in [0.717, 1.165) is 6.26 Å². The number of nitrogens with two attached hydrogens (primary N) is 1. The summed E-state index contributed by atoms with van der Waals surface area (Å²) in [7, 11) is -3.32. The van der Waals surface area contributed by atoms with Crippen LogP contribution in [0.5, 0.6) is 0 Å². The largest absolute Gasteiger partial charge is 0.444 e. The highest BCUT2D eigenvalue weighted by Gasteiger charge is 2.26. The molecule has 0 aromatic heterocycles. The molecule has 2 unspecified atom stereocenters. The third-order valence-electron chi connectivity index (χ3n) is 3.85. The van der Waals surface area contributed by atoms with E-state index < -0.39 is 45.4 Å². The molecule has 1 rings (SSSR count). The lowest BCUT2D eigenvalue weighted by Gasteiger charge is -2.24. The van der Waals surface area contributed by atoms with Crippen LogP contribution in [0.25, 0.3) is 0 Å². The summed E-state index contributed by atoms with van der Waals surface area (Å²) in [6, 6.07) is 4.62. The highest BCUT2D eigenvalue weighted by atomic mass is 32.2. The van der Waals surface area contributed by atoms with Crippen LogP contribution in [-0.4, -0.2) is 44.2 Å². The lowest BCUT2D eigenvalue weighted by molar-refractivity contribution is -0.124. The van der Waals surface area contributed by atoms with Gasteiger partial charge in [-0.05, 0) is 51.8 Å². The van der Waals surface area contributed by atoms with Gasteiger partial charge in [0.15, 0.2) is 9.84 Å². The van der Waals surface area contributed by atoms with Gasteiger partial charge in [0.2, 0.25) is 11.8 Å². The third-order valence-corrected chi connectivity index (χ3v) is 4.98. The van der Waals surface area contributed by atoms with Crippen LogP contribution in [0.3, 0.4) is 0 Å². The molecule has 0 heterocycles. The smallest absolute Gasteiger partial charge is 0.408 e. The number of sulfone groups is 1. The Bertz CT molecular complexity index is 844. The monoisotopic (exact) mass is 427 g/mol. The predicted molar refractivity (Wildman–Crippen MR) is 108 cm³/mol. The van der Waals surface area contributed by atoms with Gasteiger partial charge in [0.1, 0.15) is 11.6 Å². The molecule has 1 aromatic rings. The number of rotatable bonds is 8. The van der Waals surface area contributed by atoms with Gasteiger partial charge in [0, 0.05) is 12.7 Å². The average Bonchev–Trinajstić information content (AvgIpc) is 2.56. The van der Waals surface area contributed by atoms with E-state index in [-0.39, 0.29) is 17.7 Å². The molecular weight excluding hydrogens is 398 g/mol. The molecule has 3 amide bonds. The van der Waals surface area contributed by atoms with Gasteiger partial charge in [-0.15, -0.1) is 0 Å². The first-order valence-corrected chi connectivity index (χ1v) is 11.0. The molecule has 0 aliphatic heterocycles. The van der Waals surface area contributed by atoms with Gasteiger partial charge in [-0.3, -0.25) is 9.59 Å². The first kappa shape index (κ1) is 24.4. The van der Waals surface area contributed by atoms with Crippen molar-refractivity contribution in [2.24, 2.45) is 5.73 Å². The lowest BCUT2D eigenvalue weighted by Crippen LogP contribution is -2.49. The van der Waals surface area contributed by atoms with Gasteiger partial charge in [-0.25, -0.2) is 13.2 Å². The van der Waals surface area contributed by atoms with Gasteiger partial charge >= 0.3 is 6.09 Å². The number of nitrogens with one attached hydrogen (secondary N) is 2. The Labute approximate surface area is 171 Å². The SMILES string of the molecule is CC(NC(=O)C(CCC(N)=O)NC(=O)OC(C)(C)C)c1ccc(S(C)(=O)=O)cc1. The van der Waals surface area contributed by atoms with Crippen molar-refractivity contribution in [3.8, 4) is 0 Å². The van der Waals surface area contributed by atoms with Crippen molar-refractivity contribution in [1.82, 2.24) is 10.6 Å². The van der Waals surface area contributed by atoms with Crippen LogP contribution in [-0.2, 0) is 24.2 Å². The first-order chi connectivity index (χ1) is 13.2. The molecule has 0 saturated carbocycles. The fraction of sp³-hybridized carbons (Fsp3) is 0.526. The van der Waals surface area contributed by atoms with Crippen LogP contribution in [0.1, 0.15) is 52.1 Å². The van der Waals surface area contributed by atoms with Crippen molar-refractivity contribution in [2.45, 2.75) is 63.1 Å². The van der Waals surface area contributed by atoms with E-state index in [1.165, 1.54) is 12.1 Å². The lowest BCUT2D eigenvalue weighted by atomic mass is 10.1. The van der Waals surface area contributed by atoms with E-state index in [9.17, 15) is 22.8 Å². The molecular formula is C19H29N3O6S. The molecule has 2 atom stereocenters. The maximum atomic E-state index is 12.6. The fourth-order valence-corrected chi connectivity index (χ4v) is 3.04. The Morgan fingerprint density at radius 3 is 2.10 bits per heavy atom. The first-order valence-electron chi connectivity index (χ1n) is 9.07. The van der Waals surface area contributed by atoms with E-state index >= 15 is 0 Å². The topological polar surface area (TPSA) is 145 Å². The van der Waals surface area contributed by atoms with E-state index in [1.54, 1.807) is 39.8 Å². The molecule has 10 heteroatoms. The summed E-state index contributed by atoms with van der Waals surface area (Å²) in [5, 5.41) is 5.19. The van der Waals surface area contributed by atoms with Crippen molar-refractivity contribution < 1.29 is 27.5 Å². The number of benzene rings is 1. The van der Waals surface area contributed by atoms with Crippen molar-refractivity contribution in [3.63, 3.8) is 0 Å². The fourth-order valence-electron chi connectivity index (χ4n) is 2.41. The van der Waals surface area contributed by atoms with Crippen molar-refractivity contribution in [3.05, 3.63) is 29.8 Å². The third kappa shape index (κ3) is 8.95. The molecule has 0 bridgehead atoms. The highest BCUT2D eigenvalue weighted by molar-refractivity contribution is 7.90. The second kappa shape index (κ2) is 9.73. The minimum atomic E-state index is -3.32. The second-order valence-electron chi connectivity index (χ2n) is 7.78. The van der Waals surface area contributed by atoms with Gasteiger partial charge < -0.3 is 21.1 Å². The summed E-state index contributed by atoms with van der Waals surface area (Å²) in [6.07, 6.45) is 0.247. The number of carbonyl (C=O) groups is 3. The van der Waals surface area contributed by atoms with Gasteiger partial charge in [-0.2, -0.15) is 0 Å². The zero-order valence-electron chi connectivity index (χ0n) is 17.3. The summed E-state index contributed by atoms with van der Waals surface area (Å²) in [6.45, 7) is 6.78. The number of amides is 3. The Balaban J connectivity index is 2.86. The van der Waals surface area contributed by atoms with Gasteiger partial charge in [0.05, 0.1) is 10.9 Å². The number of hydrogen-bond donors (Lipinski definition) is 3. The summed E-state index contributed by atoms with van der Waals surface area (Å²) >= 11 is 0. The molecule has 0 aliphatic rings. The Hall–Kier alpha value is -2.62. The Kier molecular flexibility index (Phi) is 8.19. The van der Waals surface area contributed by atoms with E-state index in [0.29, 0.717) is 5.56 Å². The summed E-state index contributed by atoms with van der Waals surface area (Å²) in [5.41, 5.74) is 5.08. The molecule has 0 fully saturated rings. The van der Waals surface area contributed by atoms with Crippen molar-refractivity contribution >= 4 is 27.7 Å². The van der Waals surface area contributed by atoms with Crippen LogP contribution in [0.2, 0.25) is 0 Å². The summed E-state index contributed by atoms with van der Waals surface area (Å²) < 4.78 is 28.3. The number of alkyl carbamates (subject to hydrolysis) is 1. The number of carbonyl (C=O) groups excluding carboxylic acids is 3. The quantitative estimate of drug-likeness (QED) is 0.572. The standard InChI is InChI=1S/C19H29N3O6S/c1-12(13-6-8-14(9-7-13)29(5,26)27)21-17(24)15(10-11-16(20)23)22-18(25)28-19(2,3)4/h6-9,12,15H,10-11H2,1-5H3,(H2,20,23)(H,21,24)(H,22,25). The van der Waals surface area contributed by atoms with E-state index in [1.807, 2.05) is 0 Å². The van der Waals surface area contributed by atoms with E-state index in [2.05, 4.69) is 10.6 Å². The molecule has 0 saturated heterocycles. The van der Waals surface area contributed by atoms with Crippen LogP contribution >= 0.6 is 0 Å². The average molecular weight is 428 g/mol. The zero-order chi connectivity index (χ0) is 22.4. The molecule has 29 heavy (non-hydrogen) atoms. The molecule has 0 radical (unpaired) electrons. The molecule has 0 aliphatic carbocycles. The maximum absolute atomic E-state index is 12.6. The summed E-state index contributed by atoms with van der Waals surface area (Å²) in [5.74, 6) is -1.12. The van der Waals surface area contributed by atoms with Crippen molar-refractivity contribution in [2.75, 3.05) is 6.26 Å². The number of ether oxygens (including phenoxy) is 1. The molecule has 0 spiro atoms. The maximum Gasteiger partial charge on any atom is 0.408 e. The molecule has 1 aromatic carbocycles. The normalized spacial score (nSPS) is 13.8. The van der Waals surface area contributed by atoms with Gasteiger partial charge in [-0.1, -0.05) is 12.1 Å². The van der Waals surface area contributed by atoms with Crippen LogP contribution < -0.4 is 16.4 Å². The Morgan fingerprint density at radius 2 is 1.66 bits per heavy atom. The summed E-state index contributed by atoms with van der Waals surface area (Å²) in [4.78, 5) is 35.9. The van der Waals surface area contributed by atoms with E-state index in [4.69, 9.17) is 10.5 Å². The molecule has 4 N–H and O–H groups in total. The highest BCUT2D eigenvalue weighted by Crippen LogP contribution is 2.17. The van der Waals surface area contributed by atoms with Gasteiger partial charge in [0.25, 0.3) is 0 Å². The zero-order valence-corrected chi connectivity index (χ0v) is 18.1. The molecule has 9 nitrogen and oxygen atoms in total. The van der Waals surface area contributed by atoms with Crippen LogP contribution in [0.4, 0.5) is 4.79 Å². The van der Waals surface area contributed by atoms with Crippen molar-refractivity contribution in [1.29, 1.82) is 0 Å². The molecule has 162 valence electrons. The van der Waals surface area contributed by atoms with Crippen LogP contribution in [0.15, 0.2) is 29.2 Å². The predicted octanol–water partition coefficient (Wildman–Crippen LogP) is 1.43. The number of primary amides is 1.